The smallest absolute Gasteiger partial charge is 0.00912 e. The van der Waals surface area contributed by atoms with Gasteiger partial charge >= 0.3 is 0 Å². The maximum absolute atomic E-state index is 2.35. The van der Waals surface area contributed by atoms with Gasteiger partial charge in [0.2, 0.25) is 0 Å². The molecule has 0 bridgehead atoms. The van der Waals surface area contributed by atoms with Crippen LogP contribution in [0.4, 0.5) is 0 Å². The van der Waals surface area contributed by atoms with E-state index in [4.69, 9.17) is 0 Å². The average Bonchev–Trinajstić information content (AvgIpc) is 2.83. The van der Waals surface area contributed by atoms with Crippen molar-refractivity contribution in [2.24, 2.45) is 0 Å². The van der Waals surface area contributed by atoms with Crippen LogP contribution >= 0.6 is 17.2 Å². The van der Waals surface area contributed by atoms with Gasteiger partial charge in [-0.25, -0.2) is 0 Å². The summed E-state index contributed by atoms with van der Waals surface area (Å²) >= 11 is 0. The van der Waals surface area contributed by atoms with Crippen molar-refractivity contribution in [3.8, 4) is 22.3 Å². The molecule has 0 nitrogen and oxygen atoms in total. The van der Waals surface area contributed by atoms with Gasteiger partial charge in [0.05, 0.1) is 0 Å². The van der Waals surface area contributed by atoms with Gasteiger partial charge in [-0.1, -0.05) is 87.4 Å². The molecule has 0 aliphatic heterocycles. The molecule has 0 fully saturated rings. The molecule has 3 aromatic carbocycles. The molecule has 0 saturated carbocycles. The molecular weight excluding hydrogens is 422 g/mol. The van der Waals surface area contributed by atoms with E-state index in [0.29, 0.717) is 0 Å². The Morgan fingerprint density at radius 2 is 0.938 bits per heavy atom. The van der Waals surface area contributed by atoms with Gasteiger partial charge in [0.1, 0.15) is 0 Å². The minimum absolute atomic E-state index is 1.01. The monoisotopic (exact) mass is 462 g/mol. The summed E-state index contributed by atoms with van der Waals surface area (Å²) in [6.45, 7) is 9.32. The van der Waals surface area contributed by atoms with Crippen molar-refractivity contribution >= 4 is 17.2 Å². The Hall–Kier alpha value is -1.48. The number of unbranched alkanes of at least 4 members (excludes halogenated alkanes) is 2. The highest BCUT2D eigenvalue weighted by Crippen LogP contribution is 2.44. The zero-order chi connectivity index (χ0) is 22.8. The van der Waals surface area contributed by atoms with Crippen LogP contribution in [0.5, 0.6) is 0 Å². The van der Waals surface area contributed by atoms with Crippen LogP contribution in [0.3, 0.4) is 0 Å². The van der Waals surface area contributed by atoms with Crippen molar-refractivity contribution in [1.82, 2.24) is 0 Å². The second-order valence-electron chi connectivity index (χ2n) is 8.75. The molecule has 32 heavy (non-hydrogen) atoms. The molecule has 3 rings (SSSR count). The highest BCUT2D eigenvalue weighted by molar-refractivity contribution is 7.37. The molecule has 2 unspecified atom stereocenters. The van der Waals surface area contributed by atoms with Crippen molar-refractivity contribution < 1.29 is 0 Å². The fourth-order valence-electron chi connectivity index (χ4n) is 4.54. The first-order chi connectivity index (χ1) is 15.7. The van der Waals surface area contributed by atoms with Crippen LogP contribution in [0.1, 0.15) is 61.8 Å². The van der Waals surface area contributed by atoms with E-state index in [0.717, 1.165) is 17.2 Å². The predicted molar refractivity (Wildman–Crippen MR) is 150 cm³/mol. The van der Waals surface area contributed by atoms with Crippen molar-refractivity contribution in [1.29, 1.82) is 0 Å². The third kappa shape index (κ3) is 6.31. The first-order valence-electron chi connectivity index (χ1n) is 12.4. The zero-order valence-corrected chi connectivity index (χ0v) is 22.4. The summed E-state index contributed by atoms with van der Waals surface area (Å²) in [7, 11) is 2.02. The Balaban J connectivity index is 2.19. The van der Waals surface area contributed by atoms with Crippen LogP contribution in [0, 0.1) is 13.8 Å². The number of hydrogen-bond donors (Lipinski definition) is 0. The molecule has 0 radical (unpaired) electrons. The summed E-state index contributed by atoms with van der Waals surface area (Å²) in [5.41, 5.74) is 12.0. The second-order valence-corrected chi connectivity index (χ2v) is 11.5. The van der Waals surface area contributed by atoms with Gasteiger partial charge in [0.15, 0.2) is 0 Å². The van der Waals surface area contributed by atoms with Crippen LogP contribution in [-0.4, -0.2) is 12.3 Å². The summed E-state index contributed by atoms with van der Waals surface area (Å²) < 4.78 is 0. The Morgan fingerprint density at radius 1 is 0.562 bits per heavy atom. The van der Waals surface area contributed by atoms with Crippen LogP contribution in [0.25, 0.3) is 22.3 Å². The van der Waals surface area contributed by atoms with Gasteiger partial charge in [-0.15, -0.1) is 17.2 Å². The summed E-state index contributed by atoms with van der Waals surface area (Å²) in [6, 6.07) is 22.3. The molecule has 0 aliphatic carbocycles. The Bertz CT molecular complexity index is 881. The molecule has 0 aromatic heterocycles. The van der Waals surface area contributed by atoms with E-state index in [1.165, 1.54) is 83.7 Å². The van der Waals surface area contributed by atoms with E-state index in [2.05, 4.69) is 88.4 Å². The summed E-state index contributed by atoms with van der Waals surface area (Å²) in [5, 5.41) is 0. The molecular formula is C30H40P2. The summed E-state index contributed by atoms with van der Waals surface area (Å²) in [6.07, 6.45) is 10.5. The SMILES string of the molecule is CCCCPCc1c(CPCCCC)c(-c2ccccc2)c(C)c(C)c1-c1ccccc1. The molecule has 3 aromatic rings. The Morgan fingerprint density at radius 3 is 1.28 bits per heavy atom. The highest BCUT2D eigenvalue weighted by atomic mass is 31.1. The maximum Gasteiger partial charge on any atom is -0.00912 e. The standard InChI is InChI=1S/C30H40P2/c1-5-7-19-31-21-27-28(22-32-20-8-6-2)30(26-17-13-10-14-18-26)24(4)23(3)29(27)25-15-11-9-12-16-25/h9-18,31-32H,5-8,19-22H2,1-4H3. The highest BCUT2D eigenvalue weighted by Gasteiger charge is 2.21. The predicted octanol–water partition coefficient (Wildman–Crippen LogP) is 9.59. The summed E-state index contributed by atoms with van der Waals surface area (Å²) in [5.74, 6) is 0. The van der Waals surface area contributed by atoms with E-state index < -0.39 is 0 Å². The minimum Gasteiger partial charge on any atom is -0.118 e. The molecule has 170 valence electrons. The molecule has 0 heterocycles. The topological polar surface area (TPSA) is 0 Å². The number of hydrogen-bond acceptors (Lipinski definition) is 0. The van der Waals surface area contributed by atoms with E-state index in [1.54, 1.807) is 11.1 Å². The lowest BCUT2D eigenvalue weighted by atomic mass is 9.83. The largest absolute Gasteiger partial charge is 0.118 e. The van der Waals surface area contributed by atoms with Crippen molar-refractivity contribution in [3.63, 3.8) is 0 Å². The Kier molecular flexibility index (Phi) is 10.4. The molecule has 0 N–H and O–H groups in total. The van der Waals surface area contributed by atoms with Gasteiger partial charge in [0.25, 0.3) is 0 Å². The van der Waals surface area contributed by atoms with E-state index >= 15 is 0 Å². The molecule has 2 atom stereocenters. The third-order valence-electron chi connectivity index (χ3n) is 6.42. The number of benzene rings is 3. The van der Waals surface area contributed by atoms with E-state index in [1.807, 2.05) is 0 Å². The van der Waals surface area contributed by atoms with Crippen molar-refractivity contribution in [2.75, 3.05) is 12.3 Å². The lowest BCUT2D eigenvalue weighted by molar-refractivity contribution is 0.892. The lowest BCUT2D eigenvalue weighted by Crippen LogP contribution is -2.05. The van der Waals surface area contributed by atoms with Crippen LogP contribution in [0.15, 0.2) is 60.7 Å². The number of rotatable bonds is 12. The molecule has 0 aliphatic rings. The molecule has 2 heteroatoms. The van der Waals surface area contributed by atoms with Crippen molar-refractivity contribution in [3.05, 3.63) is 82.9 Å². The van der Waals surface area contributed by atoms with Gasteiger partial charge in [-0.3, -0.25) is 0 Å². The fourth-order valence-corrected chi connectivity index (χ4v) is 7.38. The van der Waals surface area contributed by atoms with Gasteiger partial charge in [-0.05, 0) is 95.8 Å². The van der Waals surface area contributed by atoms with Gasteiger partial charge in [0, 0.05) is 0 Å². The molecule has 0 spiro atoms. The fraction of sp³-hybridized carbons (Fsp3) is 0.400. The third-order valence-corrected chi connectivity index (χ3v) is 9.04. The van der Waals surface area contributed by atoms with Crippen LogP contribution < -0.4 is 0 Å². The first kappa shape index (κ1) is 25.1. The van der Waals surface area contributed by atoms with Crippen LogP contribution in [-0.2, 0) is 12.3 Å². The lowest BCUT2D eigenvalue weighted by Gasteiger charge is -2.25. The Labute approximate surface area is 200 Å². The first-order valence-corrected chi connectivity index (χ1v) is 15.2. The molecule has 0 saturated heterocycles. The van der Waals surface area contributed by atoms with Crippen LogP contribution in [0.2, 0.25) is 0 Å². The normalized spacial score (nSPS) is 11.9. The molecule has 0 amide bonds. The second kappa shape index (κ2) is 13.3. The quantitative estimate of drug-likeness (QED) is 0.186. The average molecular weight is 463 g/mol. The van der Waals surface area contributed by atoms with Gasteiger partial charge < -0.3 is 0 Å². The maximum atomic E-state index is 2.35. The van der Waals surface area contributed by atoms with E-state index in [-0.39, 0.29) is 0 Å². The van der Waals surface area contributed by atoms with E-state index in [9.17, 15) is 0 Å². The summed E-state index contributed by atoms with van der Waals surface area (Å²) in [4.78, 5) is 0. The zero-order valence-electron chi connectivity index (χ0n) is 20.4. The van der Waals surface area contributed by atoms with Gasteiger partial charge in [-0.2, -0.15) is 0 Å². The minimum atomic E-state index is 1.01. The van der Waals surface area contributed by atoms with Crippen molar-refractivity contribution in [2.45, 2.75) is 65.7 Å².